The SMILES string of the molecule is CC(c1ccc(Cl)cc1Cl)n1cnc(-c2ccccc2)c1-c1c(C(N)=O)[nH]c2cc(Cl)ccc12. The van der Waals surface area contributed by atoms with E-state index in [4.69, 9.17) is 45.5 Å². The first kappa shape index (κ1) is 22.5. The van der Waals surface area contributed by atoms with Crippen LogP contribution in [0.4, 0.5) is 0 Å². The molecule has 0 spiro atoms. The maximum absolute atomic E-state index is 12.6. The zero-order chi connectivity index (χ0) is 24.0. The third-order valence-corrected chi connectivity index (χ3v) is 6.71. The van der Waals surface area contributed by atoms with Crippen molar-refractivity contribution in [1.29, 1.82) is 0 Å². The zero-order valence-corrected chi connectivity index (χ0v) is 20.3. The largest absolute Gasteiger partial charge is 0.364 e. The molecule has 8 heteroatoms. The Bertz CT molecular complexity index is 1540. The van der Waals surface area contributed by atoms with Gasteiger partial charge in [-0.25, -0.2) is 4.98 Å². The summed E-state index contributed by atoms with van der Waals surface area (Å²) in [5.74, 6) is -0.578. The second-order valence-corrected chi connectivity index (χ2v) is 9.27. The highest BCUT2D eigenvalue weighted by Crippen LogP contribution is 2.41. The highest BCUT2D eigenvalue weighted by atomic mass is 35.5. The minimum absolute atomic E-state index is 0.220. The van der Waals surface area contributed by atoms with Crippen molar-refractivity contribution in [3.8, 4) is 22.5 Å². The monoisotopic (exact) mass is 508 g/mol. The molecular formula is C26H19Cl3N4O. The number of aromatic nitrogens is 3. The van der Waals surface area contributed by atoms with Gasteiger partial charge >= 0.3 is 0 Å². The van der Waals surface area contributed by atoms with Crippen molar-refractivity contribution in [2.24, 2.45) is 5.73 Å². The average Bonchev–Trinajstić information content (AvgIpc) is 3.40. The van der Waals surface area contributed by atoms with Gasteiger partial charge in [-0.3, -0.25) is 4.79 Å². The molecule has 5 aromatic rings. The van der Waals surface area contributed by atoms with Gasteiger partial charge in [-0.1, -0.05) is 77.3 Å². The molecule has 2 aromatic heterocycles. The Hall–Kier alpha value is -3.25. The van der Waals surface area contributed by atoms with Gasteiger partial charge in [0.1, 0.15) is 5.69 Å². The van der Waals surface area contributed by atoms with Gasteiger partial charge < -0.3 is 15.3 Å². The Balaban J connectivity index is 1.84. The highest BCUT2D eigenvalue weighted by molar-refractivity contribution is 6.35. The minimum Gasteiger partial charge on any atom is -0.364 e. The number of amides is 1. The maximum Gasteiger partial charge on any atom is 0.265 e. The molecule has 0 aliphatic rings. The second kappa shape index (κ2) is 8.84. The molecule has 0 aliphatic heterocycles. The van der Waals surface area contributed by atoms with Crippen molar-refractivity contribution < 1.29 is 4.79 Å². The van der Waals surface area contributed by atoms with Gasteiger partial charge in [-0.15, -0.1) is 0 Å². The Morgan fingerprint density at radius 2 is 1.71 bits per heavy atom. The van der Waals surface area contributed by atoms with Crippen LogP contribution in [0.2, 0.25) is 15.1 Å². The summed E-state index contributed by atoms with van der Waals surface area (Å²) in [6.07, 6.45) is 1.76. The average molecular weight is 510 g/mol. The first-order valence-corrected chi connectivity index (χ1v) is 11.7. The summed E-state index contributed by atoms with van der Waals surface area (Å²) in [5, 5.41) is 2.46. The van der Waals surface area contributed by atoms with E-state index in [1.807, 2.05) is 54.0 Å². The van der Waals surface area contributed by atoms with Crippen molar-refractivity contribution >= 4 is 51.6 Å². The normalized spacial score (nSPS) is 12.2. The number of carbonyl (C=O) groups is 1. The van der Waals surface area contributed by atoms with Crippen molar-refractivity contribution in [1.82, 2.24) is 14.5 Å². The Morgan fingerprint density at radius 1 is 1.00 bits per heavy atom. The lowest BCUT2D eigenvalue weighted by Crippen LogP contribution is -2.14. The van der Waals surface area contributed by atoms with Crippen LogP contribution in [0.1, 0.15) is 29.0 Å². The van der Waals surface area contributed by atoms with E-state index in [1.54, 1.807) is 30.6 Å². The lowest BCUT2D eigenvalue weighted by Gasteiger charge is -2.20. The van der Waals surface area contributed by atoms with Crippen molar-refractivity contribution in [3.63, 3.8) is 0 Å². The minimum atomic E-state index is -0.578. The number of nitrogens with one attached hydrogen (secondary N) is 1. The summed E-state index contributed by atoms with van der Waals surface area (Å²) < 4.78 is 2.00. The molecule has 0 bridgehead atoms. The predicted molar refractivity (Wildman–Crippen MR) is 139 cm³/mol. The number of carbonyl (C=O) groups excluding carboxylic acids is 1. The molecule has 0 fully saturated rings. The number of H-pyrrole nitrogens is 1. The van der Waals surface area contributed by atoms with Crippen LogP contribution in [-0.4, -0.2) is 20.4 Å². The molecule has 3 aromatic carbocycles. The first-order valence-electron chi connectivity index (χ1n) is 10.5. The standard InChI is InChI=1S/C26H19Cl3N4O/c1-14(18-9-7-16(27)11-20(18)29)33-13-31-23(15-5-3-2-4-6-15)25(33)22-19-10-8-17(28)12-21(19)32-24(22)26(30)34/h2-14,32H,1H3,(H2,30,34). The van der Waals surface area contributed by atoms with Crippen LogP contribution in [-0.2, 0) is 0 Å². The van der Waals surface area contributed by atoms with Crippen LogP contribution in [0.25, 0.3) is 33.4 Å². The number of fused-ring (bicyclic) bond motifs is 1. The maximum atomic E-state index is 12.6. The second-order valence-electron chi connectivity index (χ2n) is 7.99. The third kappa shape index (κ3) is 3.86. The third-order valence-electron chi connectivity index (χ3n) is 5.91. The van der Waals surface area contributed by atoms with Gasteiger partial charge in [0.25, 0.3) is 5.91 Å². The van der Waals surface area contributed by atoms with Gasteiger partial charge in [-0.05, 0) is 36.8 Å². The molecule has 5 nitrogen and oxygen atoms in total. The van der Waals surface area contributed by atoms with E-state index in [1.165, 1.54) is 0 Å². The Morgan fingerprint density at radius 3 is 2.41 bits per heavy atom. The fourth-order valence-electron chi connectivity index (χ4n) is 4.30. The molecule has 170 valence electrons. The lowest BCUT2D eigenvalue weighted by atomic mass is 10.00. The Labute approximate surface area is 211 Å². The first-order chi connectivity index (χ1) is 16.3. The van der Waals surface area contributed by atoms with Gasteiger partial charge in [0.15, 0.2) is 0 Å². The molecule has 2 heterocycles. The zero-order valence-electron chi connectivity index (χ0n) is 18.0. The lowest BCUT2D eigenvalue weighted by molar-refractivity contribution is 0.0997. The summed E-state index contributed by atoms with van der Waals surface area (Å²) in [5.41, 5.74) is 10.7. The number of benzene rings is 3. The quantitative estimate of drug-likeness (QED) is 0.259. The smallest absolute Gasteiger partial charge is 0.265 e. The van der Waals surface area contributed by atoms with Crippen LogP contribution in [0.15, 0.2) is 73.1 Å². The summed E-state index contributed by atoms with van der Waals surface area (Å²) >= 11 is 18.9. The number of rotatable bonds is 5. The fourth-order valence-corrected chi connectivity index (χ4v) is 5.04. The van der Waals surface area contributed by atoms with Crippen LogP contribution >= 0.6 is 34.8 Å². The number of hydrogen-bond acceptors (Lipinski definition) is 2. The fraction of sp³-hybridized carbons (Fsp3) is 0.0769. The van der Waals surface area contributed by atoms with Crippen molar-refractivity contribution in [3.05, 3.63) is 99.4 Å². The summed E-state index contributed by atoms with van der Waals surface area (Å²) in [4.78, 5) is 20.5. The van der Waals surface area contributed by atoms with E-state index >= 15 is 0 Å². The van der Waals surface area contributed by atoms with Crippen LogP contribution in [0.5, 0.6) is 0 Å². The molecule has 1 atom stereocenters. The summed E-state index contributed by atoms with van der Waals surface area (Å²) in [7, 11) is 0. The van der Waals surface area contributed by atoms with Crippen LogP contribution in [0.3, 0.4) is 0 Å². The van der Waals surface area contributed by atoms with Gasteiger partial charge in [0.2, 0.25) is 0 Å². The van der Waals surface area contributed by atoms with Gasteiger partial charge in [-0.2, -0.15) is 0 Å². The molecule has 3 N–H and O–H groups in total. The molecule has 0 aliphatic carbocycles. The van der Waals surface area contributed by atoms with Crippen molar-refractivity contribution in [2.75, 3.05) is 0 Å². The van der Waals surface area contributed by atoms with Crippen molar-refractivity contribution in [2.45, 2.75) is 13.0 Å². The number of primary amides is 1. The van der Waals surface area contributed by atoms with Gasteiger partial charge in [0, 0.05) is 37.1 Å². The van der Waals surface area contributed by atoms with Crippen LogP contribution < -0.4 is 5.73 Å². The van der Waals surface area contributed by atoms with Gasteiger partial charge in [0.05, 0.1) is 23.8 Å². The summed E-state index contributed by atoms with van der Waals surface area (Å²) in [6, 6.07) is 20.4. The summed E-state index contributed by atoms with van der Waals surface area (Å²) in [6.45, 7) is 2.02. The molecule has 5 rings (SSSR count). The molecular weight excluding hydrogens is 491 g/mol. The number of halogens is 3. The molecule has 0 saturated heterocycles. The molecule has 1 unspecified atom stereocenters. The highest BCUT2D eigenvalue weighted by Gasteiger charge is 2.27. The van der Waals surface area contributed by atoms with E-state index in [0.29, 0.717) is 26.1 Å². The number of nitrogens with zero attached hydrogens (tertiary/aromatic N) is 2. The van der Waals surface area contributed by atoms with E-state index < -0.39 is 5.91 Å². The number of nitrogens with two attached hydrogens (primary N) is 1. The predicted octanol–water partition coefficient (Wildman–Crippen LogP) is 7.37. The molecule has 1 amide bonds. The molecule has 0 saturated carbocycles. The van der Waals surface area contributed by atoms with E-state index in [0.717, 1.165) is 27.9 Å². The van der Waals surface area contributed by atoms with E-state index in [9.17, 15) is 4.79 Å². The number of aromatic amines is 1. The van der Waals surface area contributed by atoms with E-state index in [2.05, 4.69) is 4.98 Å². The van der Waals surface area contributed by atoms with E-state index in [-0.39, 0.29) is 11.7 Å². The molecule has 0 radical (unpaired) electrons. The Kier molecular flexibility index (Phi) is 5.86. The topological polar surface area (TPSA) is 76.7 Å². The van der Waals surface area contributed by atoms with Crippen LogP contribution in [0, 0.1) is 0 Å². The number of imidazole rings is 1. The number of hydrogen-bond donors (Lipinski definition) is 2. The molecule has 34 heavy (non-hydrogen) atoms.